The van der Waals surface area contributed by atoms with Crippen molar-refractivity contribution < 1.29 is 14.3 Å². The van der Waals surface area contributed by atoms with E-state index in [9.17, 15) is 9.59 Å². The number of nitrogens with one attached hydrogen (secondary N) is 1. The number of morpholine rings is 1. The van der Waals surface area contributed by atoms with Gasteiger partial charge in [-0.1, -0.05) is 26.3 Å². The molecule has 0 spiro atoms. The summed E-state index contributed by atoms with van der Waals surface area (Å²) in [4.78, 5) is 35.9. The first-order valence-corrected chi connectivity index (χ1v) is 11.6. The Bertz CT molecular complexity index is 1190. The largest absolute Gasteiger partial charge is 0.492 e. The van der Waals surface area contributed by atoms with E-state index < -0.39 is 0 Å². The van der Waals surface area contributed by atoms with Crippen molar-refractivity contribution in [2.24, 2.45) is 7.05 Å². The molecule has 0 atom stereocenters. The Morgan fingerprint density at radius 2 is 2.00 bits per heavy atom. The smallest absolute Gasteiger partial charge is 0.277 e. The number of Topliss-reactive ketones (excluding diaryl/α,β-unsaturated/α-hetero) is 1. The maximum absolute atomic E-state index is 13.2. The van der Waals surface area contributed by atoms with Gasteiger partial charge in [0, 0.05) is 20.1 Å². The Kier molecular flexibility index (Phi) is 7.20. The number of hydrogen-bond donors (Lipinski definition) is 1. The molecule has 0 unspecified atom stereocenters. The molecule has 9 heteroatoms. The third kappa shape index (κ3) is 4.84. The molecule has 3 aromatic rings. The number of ether oxygens (including phenoxy) is 2. The highest BCUT2D eigenvalue weighted by molar-refractivity contribution is 6.02. The second-order valence-corrected chi connectivity index (χ2v) is 8.27. The van der Waals surface area contributed by atoms with Crippen LogP contribution in [0.15, 0.2) is 23.0 Å². The molecule has 0 bridgehead atoms. The van der Waals surface area contributed by atoms with Crippen molar-refractivity contribution in [2.75, 3.05) is 39.5 Å². The normalized spacial score (nSPS) is 14.6. The number of benzene rings is 1. The van der Waals surface area contributed by atoms with Gasteiger partial charge in [0.05, 0.1) is 43.2 Å². The first-order chi connectivity index (χ1) is 16.0. The van der Waals surface area contributed by atoms with Crippen LogP contribution < -0.4 is 10.3 Å². The van der Waals surface area contributed by atoms with Gasteiger partial charge in [-0.25, -0.2) is 4.98 Å². The van der Waals surface area contributed by atoms with Crippen LogP contribution in [0.5, 0.6) is 5.75 Å². The average Bonchev–Trinajstić information content (AvgIpc) is 3.13. The number of aromatic amines is 1. The number of carbonyl (C=O) groups excluding carboxylic acids is 1. The Hall–Kier alpha value is -3.04. The fraction of sp³-hybridized carbons (Fsp3) is 0.500. The quantitative estimate of drug-likeness (QED) is 0.497. The molecule has 1 aliphatic rings. The molecule has 1 aromatic carbocycles. The van der Waals surface area contributed by atoms with Crippen molar-refractivity contribution in [1.29, 1.82) is 0 Å². The highest BCUT2D eigenvalue weighted by atomic mass is 16.5. The van der Waals surface area contributed by atoms with Gasteiger partial charge in [0.15, 0.2) is 11.3 Å². The lowest BCUT2D eigenvalue weighted by molar-refractivity contribution is 0.0370. The molecule has 2 aromatic heterocycles. The summed E-state index contributed by atoms with van der Waals surface area (Å²) in [6.45, 7) is 7.53. The zero-order chi connectivity index (χ0) is 23.4. The van der Waals surface area contributed by atoms with Crippen molar-refractivity contribution in [3.8, 4) is 17.1 Å². The standard InChI is InChI=1S/C24H31N5O4/c1-4-7-18-20-21(28(3)27-18)24(31)26-23(25-20)17-9-6-8-16(22(17)33-12-5-2)19(30)15-29-10-13-32-14-11-29/h6,8-9H,4-5,7,10-15H2,1-3H3,(H,25,26,31). The third-order valence-electron chi connectivity index (χ3n) is 5.74. The van der Waals surface area contributed by atoms with E-state index >= 15 is 0 Å². The summed E-state index contributed by atoms with van der Waals surface area (Å²) in [6.07, 6.45) is 2.41. The topological polar surface area (TPSA) is 102 Å². The molecule has 1 saturated heterocycles. The third-order valence-corrected chi connectivity index (χ3v) is 5.74. The second-order valence-electron chi connectivity index (χ2n) is 8.27. The Balaban J connectivity index is 1.79. The zero-order valence-electron chi connectivity index (χ0n) is 19.5. The number of aromatic nitrogens is 4. The van der Waals surface area contributed by atoms with Gasteiger partial charge in [0.1, 0.15) is 17.1 Å². The predicted octanol–water partition coefficient (Wildman–Crippen LogP) is 2.58. The van der Waals surface area contributed by atoms with Gasteiger partial charge in [-0.05, 0) is 25.0 Å². The minimum absolute atomic E-state index is 0.0265. The molecule has 1 aliphatic heterocycles. The van der Waals surface area contributed by atoms with Crippen molar-refractivity contribution in [2.45, 2.75) is 33.1 Å². The Labute approximate surface area is 192 Å². The SMILES string of the molecule is CCCOc1c(C(=O)CN2CCOCC2)cccc1-c1nc2c(CCC)nn(C)c2c(=O)[nH]1. The van der Waals surface area contributed by atoms with Crippen LogP contribution in [0.1, 0.15) is 42.7 Å². The fourth-order valence-corrected chi connectivity index (χ4v) is 4.13. The molecule has 1 N–H and O–H groups in total. The number of para-hydroxylation sites is 1. The van der Waals surface area contributed by atoms with Crippen molar-refractivity contribution >= 4 is 16.8 Å². The number of hydrogen-bond acceptors (Lipinski definition) is 7. The summed E-state index contributed by atoms with van der Waals surface area (Å²) in [5.74, 6) is 0.812. The van der Waals surface area contributed by atoms with E-state index in [1.807, 2.05) is 13.0 Å². The van der Waals surface area contributed by atoms with Gasteiger partial charge >= 0.3 is 0 Å². The molecular weight excluding hydrogens is 422 g/mol. The summed E-state index contributed by atoms with van der Waals surface area (Å²) >= 11 is 0. The number of fused-ring (bicyclic) bond motifs is 1. The number of aryl methyl sites for hydroxylation is 2. The maximum Gasteiger partial charge on any atom is 0.277 e. The monoisotopic (exact) mass is 453 g/mol. The first-order valence-electron chi connectivity index (χ1n) is 11.6. The van der Waals surface area contributed by atoms with Crippen molar-refractivity contribution in [1.82, 2.24) is 24.6 Å². The molecule has 3 heterocycles. The van der Waals surface area contributed by atoms with E-state index in [-0.39, 0.29) is 11.3 Å². The average molecular weight is 454 g/mol. The summed E-state index contributed by atoms with van der Waals surface area (Å²) in [6, 6.07) is 5.41. The maximum atomic E-state index is 13.2. The zero-order valence-corrected chi connectivity index (χ0v) is 19.5. The molecule has 0 radical (unpaired) electrons. The summed E-state index contributed by atoms with van der Waals surface area (Å²) in [5, 5.41) is 4.49. The van der Waals surface area contributed by atoms with Crippen LogP contribution >= 0.6 is 0 Å². The van der Waals surface area contributed by atoms with Crippen LogP contribution in [0.3, 0.4) is 0 Å². The highest BCUT2D eigenvalue weighted by Gasteiger charge is 2.23. The molecule has 0 aliphatic carbocycles. The minimum Gasteiger partial charge on any atom is -0.492 e. The summed E-state index contributed by atoms with van der Waals surface area (Å²) in [5.41, 5.74) is 2.65. The van der Waals surface area contributed by atoms with E-state index in [0.717, 1.165) is 38.0 Å². The number of rotatable bonds is 9. The summed E-state index contributed by atoms with van der Waals surface area (Å²) in [7, 11) is 1.75. The molecule has 176 valence electrons. The van der Waals surface area contributed by atoms with E-state index in [1.165, 1.54) is 0 Å². The molecule has 0 saturated carbocycles. The van der Waals surface area contributed by atoms with Crippen molar-refractivity contribution in [3.63, 3.8) is 0 Å². The van der Waals surface area contributed by atoms with Crippen LogP contribution in [0.4, 0.5) is 0 Å². The van der Waals surface area contributed by atoms with E-state index in [0.29, 0.717) is 60.1 Å². The van der Waals surface area contributed by atoms with Crippen molar-refractivity contribution in [3.05, 3.63) is 39.8 Å². The number of nitrogens with zero attached hydrogens (tertiary/aromatic N) is 4. The molecule has 0 amide bonds. The lowest BCUT2D eigenvalue weighted by Crippen LogP contribution is -2.39. The Morgan fingerprint density at radius 1 is 1.21 bits per heavy atom. The van der Waals surface area contributed by atoms with Crippen LogP contribution in [-0.4, -0.2) is 69.9 Å². The van der Waals surface area contributed by atoms with Gasteiger partial charge in [-0.15, -0.1) is 0 Å². The van der Waals surface area contributed by atoms with E-state index in [1.54, 1.807) is 23.9 Å². The van der Waals surface area contributed by atoms with E-state index in [4.69, 9.17) is 14.5 Å². The van der Waals surface area contributed by atoms with Crippen LogP contribution in [0.2, 0.25) is 0 Å². The minimum atomic E-state index is -0.265. The molecule has 33 heavy (non-hydrogen) atoms. The lowest BCUT2D eigenvalue weighted by atomic mass is 10.0. The lowest BCUT2D eigenvalue weighted by Gasteiger charge is -2.26. The molecule has 4 rings (SSSR count). The fourth-order valence-electron chi connectivity index (χ4n) is 4.13. The van der Waals surface area contributed by atoms with Gasteiger partial charge in [-0.2, -0.15) is 5.10 Å². The van der Waals surface area contributed by atoms with Gasteiger partial charge < -0.3 is 14.5 Å². The molecular formula is C24H31N5O4. The first kappa shape index (κ1) is 23.1. The predicted molar refractivity (Wildman–Crippen MR) is 126 cm³/mol. The number of H-pyrrole nitrogens is 1. The van der Waals surface area contributed by atoms with Gasteiger partial charge in [-0.3, -0.25) is 19.2 Å². The molecule has 9 nitrogen and oxygen atoms in total. The van der Waals surface area contributed by atoms with Crippen LogP contribution in [0, 0.1) is 0 Å². The van der Waals surface area contributed by atoms with Gasteiger partial charge in [0.2, 0.25) is 0 Å². The Morgan fingerprint density at radius 3 is 2.73 bits per heavy atom. The van der Waals surface area contributed by atoms with Crippen LogP contribution in [0.25, 0.3) is 22.4 Å². The second kappa shape index (κ2) is 10.3. The van der Waals surface area contributed by atoms with E-state index in [2.05, 4.69) is 21.9 Å². The van der Waals surface area contributed by atoms with Crippen LogP contribution in [-0.2, 0) is 18.2 Å². The number of carbonyl (C=O) groups is 1. The highest BCUT2D eigenvalue weighted by Crippen LogP contribution is 2.32. The summed E-state index contributed by atoms with van der Waals surface area (Å²) < 4.78 is 13.0. The number of ketones is 1. The molecule has 1 fully saturated rings. The van der Waals surface area contributed by atoms with Gasteiger partial charge in [0.25, 0.3) is 5.56 Å².